The van der Waals surface area contributed by atoms with Gasteiger partial charge in [0.05, 0.1) is 18.6 Å². The van der Waals surface area contributed by atoms with E-state index in [-0.39, 0.29) is 35.6 Å². The highest BCUT2D eigenvalue weighted by molar-refractivity contribution is 7.15. The summed E-state index contributed by atoms with van der Waals surface area (Å²) in [6.45, 7) is 8.94. The van der Waals surface area contributed by atoms with E-state index < -0.39 is 0 Å². The molecule has 128 valence electrons. The number of anilines is 1. The Bertz CT molecular complexity index is 582. The minimum Gasteiger partial charge on any atom is -0.383 e. The van der Waals surface area contributed by atoms with E-state index in [1.165, 1.54) is 11.3 Å². The molecule has 1 saturated heterocycles. The van der Waals surface area contributed by atoms with Gasteiger partial charge in [-0.3, -0.25) is 9.59 Å². The highest BCUT2D eigenvalue weighted by Gasteiger charge is 2.37. The summed E-state index contributed by atoms with van der Waals surface area (Å²) in [6.07, 6.45) is 0.227. The number of ether oxygens (including phenoxy) is 1. The van der Waals surface area contributed by atoms with Gasteiger partial charge in [0.15, 0.2) is 0 Å². The lowest BCUT2D eigenvalue weighted by atomic mass is 9.98. The van der Waals surface area contributed by atoms with Crippen LogP contribution in [0.15, 0.2) is 0 Å². The Morgan fingerprint density at radius 1 is 1.48 bits per heavy atom. The molecule has 0 spiro atoms. The Labute approximate surface area is 140 Å². The number of methoxy groups -OCH3 is 1. The molecular weight excluding hydrogens is 316 g/mol. The van der Waals surface area contributed by atoms with Crippen molar-refractivity contribution < 1.29 is 14.3 Å². The summed E-state index contributed by atoms with van der Waals surface area (Å²) in [6, 6.07) is -0.0284. The Balaban J connectivity index is 1.97. The predicted octanol–water partition coefficient (Wildman–Crippen LogP) is 1.66. The molecule has 0 aliphatic carbocycles. The lowest BCUT2D eigenvalue weighted by Gasteiger charge is -2.23. The van der Waals surface area contributed by atoms with Crippen LogP contribution in [0.25, 0.3) is 0 Å². The fourth-order valence-electron chi connectivity index (χ4n) is 2.45. The monoisotopic (exact) mass is 340 g/mol. The third-order valence-corrected chi connectivity index (χ3v) is 5.03. The first kappa shape index (κ1) is 17.8. The van der Waals surface area contributed by atoms with Gasteiger partial charge in [-0.25, -0.2) is 0 Å². The summed E-state index contributed by atoms with van der Waals surface area (Å²) in [5.41, 5.74) is -0.101. The molecule has 2 rings (SSSR count). The Hall–Kier alpha value is -1.54. The van der Waals surface area contributed by atoms with Crippen molar-refractivity contribution in [2.75, 3.05) is 25.6 Å². The van der Waals surface area contributed by atoms with Gasteiger partial charge in [0, 0.05) is 25.5 Å². The molecule has 0 aromatic carbocycles. The van der Waals surface area contributed by atoms with Gasteiger partial charge in [0.25, 0.3) is 0 Å². The Kier molecular flexibility index (Phi) is 5.36. The van der Waals surface area contributed by atoms with Crippen LogP contribution >= 0.6 is 11.3 Å². The van der Waals surface area contributed by atoms with Gasteiger partial charge in [-0.15, -0.1) is 10.2 Å². The molecule has 2 atom stereocenters. The summed E-state index contributed by atoms with van der Waals surface area (Å²) in [5, 5.41) is 12.3. The number of nitrogens with one attached hydrogen (secondary N) is 1. The number of hydrogen-bond acceptors (Lipinski definition) is 6. The molecule has 0 unspecified atom stereocenters. The van der Waals surface area contributed by atoms with E-state index >= 15 is 0 Å². The molecular formula is C15H24N4O3S. The first-order valence-corrected chi connectivity index (χ1v) is 8.47. The SMILES string of the molecule is COC[C@@H](C)N1C[C@@H](C(=O)Nc2nnc(C(C)(C)C)s2)CC1=O. The number of nitrogens with zero attached hydrogens (tertiary/aromatic N) is 3. The molecule has 1 N–H and O–H groups in total. The number of aromatic nitrogens is 2. The first-order valence-electron chi connectivity index (χ1n) is 7.65. The quantitative estimate of drug-likeness (QED) is 0.881. The van der Waals surface area contributed by atoms with Gasteiger partial charge in [-0.2, -0.15) is 0 Å². The van der Waals surface area contributed by atoms with Gasteiger partial charge in [-0.1, -0.05) is 32.1 Å². The molecule has 0 saturated carbocycles. The van der Waals surface area contributed by atoms with E-state index in [1.54, 1.807) is 12.0 Å². The average molecular weight is 340 g/mol. The molecule has 0 radical (unpaired) electrons. The first-order chi connectivity index (χ1) is 10.7. The number of rotatable bonds is 5. The molecule has 7 nitrogen and oxygen atoms in total. The fraction of sp³-hybridized carbons (Fsp3) is 0.733. The van der Waals surface area contributed by atoms with Crippen LogP contribution in [0.2, 0.25) is 0 Å². The summed E-state index contributed by atoms with van der Waals surface area (Å²) < 4.78 is 5.08. The van der Waals surface area contributed by atoms with Gasteiger partial charge < -0.3 is 15.0 Å². The van der Waals surface area contributed by atoms with E-state index in [9.17, 15) is 9.59 Å². The van der Waals surface area contributed by atoms with Gasteiger partial charge in [0.2, 0.25) is 16.9 Å². The zero-order valence-corrected chi connectivity index (χ0v) is 15.1. The summed E-state index contributed by atoms with van der Waals surface area (Å²) in [5.74, 6) is -0.548. The van der Waals surface area contributed by atoms with E-state index in [0.29, 0.717) is 18.3 Å². The number of hydrogen-bond donors (Lipinski definition) is 1. The van der Waals surface area contributed by atoms with Crippen molar-refractivity contribution in [2.45, 2.75) is 45.6 Å². The molecule has 1 aromatic rings. The fourth-order valence-corrected chi connectivity index (χ4v) is 3.25. The third-order valence-electron chi connectivity index (χ3n) is 3.77. The normalized spacial score (nSPS) is 20.0. The third kappa shape index (κ3) is 4.26. The van der Waals surface area contributed by atoms with E-state index in [2.05, 4.69) is 15.5 Å². The lowest BCUT2D eigenvalue weighted by molar-refractivity contribution is -0.130. The number of carbonyl (C=O) groups excluding carboxylic acids is 2. The minimum atomic E-state index is -0.358. The summed E-state index contributed by atoms with van der Waals surface area (Å²) >= 11 is 1.37. The minimum absolute atomic E-state index is 0.0117. The number of carbonyl (C=O) groups is 2. The van der Waals surface area contributed by atoms with Crippen molar-refractivity contribution >= 4 is 28.3 Å². The molecule has 1 aromatic heterocycles. The van der Waals surface area contributed by atoms with Crippen LogP contribution < -0.4 is 5.32 Å². The smallest absolute Gasteiger partial charge is 0.231 e. The van der Waals surface area contributed by atoms with Crippen molar-refractivity contribution in [1.82, 2.24) is 15.1 Å². The second kappa shape index (κ2) is 6.92. The Morgan fingerprint density at radius 2 is 2.17 bits per heavy atom. The molecule has 1 aliphatic heterocycles. The van der Waals surface area contributed by atoms with Crippen molar-refractivity contribution in [3.05, 3.63) is 5.01 Å². The summed E-state index contributed by atoms with van der Waals surface area (Å²) in [4.78, 5) is 26.1. The van der Waals surface area contributed by atoms with Crippen LogP contribution in [-0.2, 0) is 19.7 Å². The summed E-state index contributed by atoms with van der Waals surface area (Å²) in [7, 11) is 1.60. The second-order valence-corrected chi connectivity index (χ2v) is 7.88. The zero-order chi connectivity index (χ0) is 17.2. The van der Waals surface area contributed by atoms with Crippen molar-refractivity contribution in [3.63, 3.8) is 0 Å². The van der Waals surface area contributed by atoms with Crippen LogP contribution in [0, 0.1) is 5.92 Å². The van der Waals surface area contributed by atoms with Crippen LogP contribution in [0.5, 0.6) is 0 Å². The zero-order valence-electron chi connectivity index (χ0n) is 14.3. The maximum absolute atomic E-state index is 12.4. The van der Waals surface area contributed by atoms with Crippen LogP contribution in [0.3, 0.4) is 0 Å². The average Bonchev–Trinajstić information content (AvgIpc) is 3.05. The number of likely N-dealkylation sites (tertiary alicyclic amines) is 1. The molecule has 1 aliphatic rings. The van der Waals surface area contributed by atoms with E-state index in [1.807, 2.05) is 27.7 Å². The van der Waals surface area contributed by atoms with Crippen molar-refractivity contribution in [1.29, 1.82) is 0 Å². The van der Waals surface area contributed by atoms with E-state index in [0.717, 1.165) is 5.01 Å². The molecule has 23 heavy (non-hydrogen) atoms. The Morgan fingerprint density at radius 3 is 2.74 bits per heavy atom. The maximum atomic E-state index is 12.4. The molecule has 0 bridgehead atoms. The van der Waals surface area contributed by atoms with Gasteiger partial charge >= 0.3 is 0 Å². The molecule has 1 fully saturated rings. The van der Waals surface area contributed by atoms with Crippen molar-refractivity contribution in [2.24, 2.45) is 5.92 Å². The maximum Gasteiger partial charge on any atom is 0.231 e. The van der Waals surface area contributed by atoms with Gasteiger partial charge in [-0.05, 0) is 6.92 Å². The highest BCUT2D eigenvalue weighted by atomic mass is 32.1. The molecule has 8 heteroatoms. The largest absolute Gasteiger partial charge is 0.383 e. The second-order valence-electron chi connectivity index (χ2n) is 6.90. The van der Waals surface area contributed by atoms with Crippen molar-refractivity contribution in [3.8, 4) is 0 Å². The van der Waals surface area contributed by atoms with E-state index in [4.69, 9.17) is 4.74 Å². The molecule has 2 heterocycles. The standard InChI is InChI=1S/C15H24N4O3S/c1-9(8-22-5)19-7-10(6-11(19)20)12(21)16-14-18-17-13(23-14)15(2,3)4/h9-10H,6-8H2,1-5H3,(H,16,18,21)/t9-,10+/m1/s1. The predicted molar refractivity (Wildman–Crippen MR) is 88.4 cm³/mol. The highest BCUT2D eigenvalue weighted by Crippen LogP contribution is 2.28. The lowest BCUT2D eigenvalue weighted by Crippen LogP contribution is -2.38. The number of amides is 2. The van der Waals surface area contributed by atoms with Crippen LogP contribution in [-0.4, -0.2) is 53.2 Å². The van der Waals surface area contributed by atoms with Gasteiger partial charge in [0.1, 0.15) is 5.01 Å². The van der Waals surface area contributed by atoms with Crippen LogP contribution in [0.1, 0.15) is 39.1 Å². The molecule has 2 amide bonds. The van der Waals surface area contributed by atoms with Crippen LogP contribution in [0.4, 0.5) is 5.13 Å². The topological polar surface area (TPSA) is 84.4 Å².